The molecule has 0 aliphatic heterocycles. The van der Waals surface area contributed by atoms with Crippen molar-refractivity contribution in [1.29, 1.82) is 0 Å². The van der Waals surface area contributed by atoms with Gasteiger partial charge in [0.25, 0.3) is 0 Å². The highest BCUT2D eigenvalue weighted by molar-refractivity contribution is 5.82. The van der Waals surface area contributed by atoms with Gasteiger partial charge < -0.3 is 4.42 Å². The van der Waals surface area contributed by atoms with Gasteiger partial charge in [0.15, 0.2) is 0 Å². The summed E-state index contributed by atoms with van der Waals surface area (Å²) in [4.78, 5) is 11.8. The average Bonchev–Trinajstić information content (AvgIpc) is 2.29. The Balaban J connectivity index is 2.42. The lowest BCUT2D eigenvalue weighted by Crippen LogP contribution is -2.15. The molecule has 1 aromatic carbocycles. The summed E-state index contributed by atoms with van der Waals surface area (Å²) in [7, 11) is 0. The Labute approximate surface area is 93.9 Å². The fraction of sp³-hybridized carbons (Fsp3) is 0.357. The van der Waals surface area contributed by atoms with Crippen LogP contribution in [-0.4, -0.2) is 0 Å². The lowest BCUT2D eigenvalue weighted by molar-refractivity contribution is 0.533. The second kappa shape index (κ2) is 3.48. The van der Waals surface area contributed by atoms with Crippen molar-refractivity contribution in [2.75, 3.05) is 0 Å². The van der Waals surface area contributed by atoms with Gasteiger partial charge >= 0.3 is 5.63 Å². The second-order valence-corrected chi connectivity index (χ2v) is 4.55. The maximum atomic E-state index is 11.8. The van der Waals surface area contributed by atoms with E-state index < -0.39 is 0 Å². The van der Waals surface area contributed by atoms with E-state index in [0.29, 0.717) is 0 Å². The molecule has 0 saturated heterocycles. The quantitative estimate of drug-likeness (QED) is 0.631. The molecule has 1 aliphatic carbocycles. The Kier molecular flexibility index (Phi) is 2.10. The van der Waals surface area contributed by atoms with Crippen molar-refractivity contribution in [2.24, 2.45) is 0 Å². The van der Waals surface area contributed by atoms with Gasteiger partial charge in [0.1, 0.15) is 5.58 Å². The molecule has 0 bridgehead atoms. The maximum absolute atomic E-state index is 11.8. The van der Waals surface area contributed by atoms with Crippen molar-refractivity contribution in [3.63, 3.8) is 0 Å². The van der Waals surface area contributed by atoms with E-state index in [1.165, 1.54) is 12.0 Å². The van der Waals surface area contributed by atoms with Gasteiger partial charge in [-0.2, -0.15) is 0 Å². The van der Waals surface area contributed by atoms with Crippen molar-refractivity contribution in [3.05, 3.63) is 45.3 Å². The van der Waals surface area contributed by atoms with E-state index in [0.717, 1.165) is 41.4 Å². The molecule has 3 rings (SSSR count). The molecule has 82 valence electrons. The minimum Gasteiger partial charge on any atom is -0.423 e. The smallest absolute Gasteiger partial charge is 0.339 e. The van der Waals surface area contributed by atoms with Crippen molar-refractivity contribution in [3.8, 4) is 0 Å². The Bertz CT molecular complexity index is 608. The predicted octanol–water partition coefficient (Wildman–Crippen LogP) is 2.98. The molecule has 2 heteroatoms. The zero-order chi connectivity index (χ0) is 11.1. The highest BCUT2D eigenvalue weighted by Crippen LogP contribution is 2.26. The SMILES string of the molecule is Cc1ccc2c3c(c(=O)oc2c1)CCCC3. The first-order valence-corrected chi connectivity index (χ1v) is 5.81. The molecular weight excluding hydrogens is 200 g/mol. The molecule has 0 radical (unpaired) electrons. The van der Waals surface area contributed by atoms with E-state index in [1.807, 2.05) is 13.0 Å². The number of fused-ring (bicyclic) bond motifs is 3. The number of aryl methyl sites for hydroxylation is 2. The standard InChI is InChI=1S/C14H14O2/c1-9-6-7-11-10-4-2-3-5-12(10)14(15)16-13(11)8-9/h6-8H,2-5H2,1H3. The van der Waals surface area contributed by atoms with Gasteiger partial charge in [-0.15, -0.1) is 0 Å². The third-order valence-corrected chi connectivity index (χ3v) is 3.38. The molecule has 2 nitrogen and oxygen atoms in total. The molecule has 0 N–H and O–H groups in total. The van der Waals surface area contributed by atoms with Crippen LogP contribution in [-0.2, 0) is 12.8 Å². The first-order chi connectivity index (χ1) is 7.75. The second-order valence-electron chi connectivity index (χ2n) is 4.55. The minimum absolute atomic E-state index is 0.132. The Morgan fingerprint density at radius 3 is 2.69 bits per heavy atom. The van der Waals surface area contributed by atoms with Crippen LogP contribution in [0.25, 0.3) is 11.0 Å². The fourth-order valence-corrected chi connectivity index (χ4v) is 2.55. The van der Waals surface area contributed by atoms with E-state index in [1.54, 1.807) is 0 Å². The number of rotatable bonds is 0. The zero-order valence-electron chi connectivity index (χ0n) is 9.38. The normalized spacial score (nSPS) is 15.1. The summed E-state index contributed by atoms with van der Waals surface area (Å²) in [6.07, 6.45) is 4.18. The molecule has 1 aliphatic rings. The summed E-state index contributed by atoms with van der Waals surface area (Å²) < 4.78 is 5.39. The van der Waals surface area contributed by atoms with Gasteiger partial charge in [0.05, 0.1) is 0 Å². The topological polar surface area (TPSA) is 30.2 Å². The zero-order valence-corrected chi connectivity index (χ0v) is 9.38. The van der Waals surface area contributed by atoms with E-state index in [9.17, 15) is 4.79 Å². The summed E-state index contributed by atoms with van der Waals surface area (Å²) >= 11 is 0. The first kappa shape index (κ1) is 9.64. The summed E-state index contributed by atoms with van der Waals surface area (Å²) in [6, 6.07) is 6.11. The van der Waals surface area contributed by atoms with Gasteiger partial charge in [-0.1, -0.05) is 12.1 Å². The molecule has 0 spiro atoms. The summed E-state index contributed by atoms with van der Waals surface area (Å²) in [5.74, 6) is 0. The van der Waals surface area contributed by atoms with Gasteiger partial charge in [-0.25, -0.2) is 4.79 Å². The predicted molar refractivity (Wildman–Crippen MR) is 63.9 cm³/mol. The molecule has 2 aromatic rings. The van der Waals surface area contributed by atoms with Crippen molar-refractivity contribution in [2.45, 2.75) is 32.6 Å². The van der Waals surface area contributed by atoms with E-state index in [-0.39, 0.29) is 5.63 Å². The average molecular weight is 214 g/mol. The van der Waals surface area contributed by atoms with Crippen molar-refractivity contribution < 1.29 is 4.42 Å². The Hall–Kier alpha value is -1.57. The summed E-state index contributed by atoms with van der Waals surface area (Å²) in [5, 5.41) is 1.12. The van der Waals surface area contributed by atoms with Crippen molar-refractivity contribution in [1.82, 2.24) is 0 Å². The lowest BCUT2D eigenvalue weighted by atomic mass is 9.90. The molecule has 0 atom stereocenters. The summed E-state index contributed by atoms with van der Waals surface area (Å²) in [6.45, 7) is 2.01. The third kappa shape index (κ3) is 1.37. The van der Waals surface area contributed by atoms with Gasteiger partial charge in [-0.3, -0.25) is 0 Å². The van der Waals surface area contributed by atoms with Gasteiger partial charge in [0, 0.05) is 10.9 Å². The van der Waals surface area contributed by atoms with E-state index in [2.05, 4.69) is 12.1 Å². The molecule has 1 heterocycles. The van der Waals surface area contributed by atoms with Crippen LogP contribution in [0.4, 0.5) is 0 Å². The van der Waals surface area contributed by atoms with Crippen LogP contribution in [0.5, 0.6) is 0 Å². The molecule has 0 unspecified atom stereocenters. The third-order valence-electron chi connectivity index (χ3n) is 3.38. The van der Waals surface area contributed by atoms with Crippen LogP contribution < -0.4 is 5.63 Å². The highest BCUT2D eigenvalue weighted by Gasteiger charge is 2.17. The van der Waals surface area contributed by atoms with E-state index in [4.69, 9.17) is 4.42 Å². The van der Waals surface area contributed by atoms with E-state index >= 15 is 0 Å². The maximum Gasteiger partial charge on any atom is 0.339 e. The molecule has 0 saturated carbocycles. The van der Waals surface area contributed by atoms with Crippen LogP contribution in [0.2, 0.25) is 0 Å². The van der Waals surface area contributed by atoms with Gasteiger partial charge in [-0.05, 0) is 49.8 Å². The molecule has 0 fully saturated rings. The first-order valence-electron chi connectivity index (χ1n) is 5.81. The highest BCUT2D eigenvalue weighted by atomic mass is 16.4. The molecular formula is C14H14O2. The number of hydrogen-bond donors (Lipinski definition) is 0. The van der Waals surface area contributed by atoms with Crippen LogP contribution in [0.3, 0.4) is 0 Å². The number of hydrogen-bond acceptors (Lipinski definition) is 2. The molecule has 1 aromatic heterocycles. The largest absolute Gasteiger partial charge is 0.423 e. The van der Waals surface area contributed by atoms with Crippen LogP contribution in [0.1, 0.15) is 29.5 Å². The van der Waals surface area contributed by atoms with Crippen molar-refractivity contribution >= 4 is 11.0 Å². The number of benzene rings is 1. The fourth-order valence-electron chi connectivity index (χ4n) is 2.55. The monoisotopic (exact) mass is 214 g/mol. The Morgan fingerprint density at radius 1 is 1.12 bits per heavy atom. The molecule has 16 heavy (non-hydrogen) atoms. The summed E-state index contributed by atoms with van der Waals surface area (Å²) in [5.41, 5.74) is 3.87. The Morgan fingerprint density at radius 2 is 1.88 bits per heavy atom. The molecule has 0 amide bonds. The van der Waals surface area contributed by atoms with Crippen LogP contribution in [0.15, 0.2) is 27.4 Å². The minimum atomic E-state index is -0.132. The lowest BCUT2D eigenvalue weighted by Gasteiger charge is -2.15. The van der Waals surface area contributed by atoms with Gasteiger partial charge in [0.2, 0.25) is 0 Å². The van der Waals surface area contributed by atoms with Crippen LogP contribution >= 0.6 is 0 Å². The van der Waals surface area contributed by atoms with Crippen LogP contribution in [0, 0.1) is 6.92 Å².